The Hall–Kier alpha value is -3.21. The molecular formula is C24H18BrN3O2S. The van der Waals surface area contributed by atoms with Crippen molar-refractivity contribution in [2.75, 3.05) is 11.1 Å². The van der Waals surface area contributed by atoms with Crippen LogP contribution in [-0.4, -0.2) is 11.7 Å². The molecule has 1 atom stereocenters. The second kappa shape index (κ2) is 9.73. The lowest BCUT2D eigenvalue weighted by Gasteiger charge is -2.24. The summed E-state index contributed by atoms with van der Waals surface area (Å²) >= 11 is 4.68. The van der Waals surface area contributed by atoms with E-state index >= 15 is 0 Å². The van der Waals surface area contributed by atoms with Crippen LogP contribution in [0.3, 0.4) is 0 Å². The van der Waals surface area contributed by atoms with E-state index in [0.717, 1.165) is 21.4 Å². The van der Waals surface area contributed by atoms with Crippen LogP contribution in [0, 0.1) is 11.3 Å². The van der Waals surface area contributed by atoms with E-state index in [9.17, 15) is 10.1 Å². The SMILES string of the molecule is N#CC1=C(SCC(=O)Nc2ccc(Br)cc2)NC(c2ccccc2)=CC1c1ccco1. The molecule has 1 aliphatic rings. The minimum Gasteiger partial charge on any atom is -0.468 e. The highest BCUT2D eigenvalue weighted by Gasteiger charge is 2.27. The van der Waals surface area contributed by atoms with Gasteiger partial charge in [-0.3, -0.25) is 4.79 Å². The van der Waals surface area contributed by atoms with Gasteiger partial charge in [0.1, 0.15) is 5.76 Å². The van der Waals surface area contributed by atoms with Crippen LogP contribution >= 0.6 is 27.7 Å². The molecule has 2 N–H and O–H groups in total. The molecule has 1 aromatic heterocycles. The molecule has 3 aromatic rings. The van der Waals surface area contributed by atoms with Crippen molar-refractivity contribution in [1.29, 1.82) is 5.26 Å². The van der Waals surface area contributed by atoms with Gasteiger partial charge in [-0.25, -0.2) is 0 Å². The summed E-state index contributed by atoms with van der Waals surface area (Å²) in [6.07, 6.45) is 3.58. The predicted octanol–water partition coefficient (Wildman–Crippen LogP) is 5.88. The zero-order valence-electron chi connectivity index (χ0n) is 16.3. The van der Waals surface area contributed by atoms with Gasteiger partial charge < -0.3 is 15.1 Å². The molecule has 154 valence electrons. The molecule has 0 saturated carbocycles. The lowest BCUT2D eigenvalue weighted by molar-refractivity contribution is -0.113. The van der Waals surface area contributed by atoms with E-state index in [2.05, 4.69) is 32.6 Å². The maximum absolute atomic E-state index is 12.5. The molecule has 0 aliphatic carbocycles. The molecule has 0 radical (unpaired) electrons. The van der Waals surface area contributed by atoms with Gasteiger partial charge in [0, 0.05) is 15.9 Å². The summed E-state index contributed by atoms with van der Waals surface area (Å²) < 4.78 is 6.55. The molecule has 0 fully saturated rings. The number of carbonyl (C=O) groups excluding carboxylic acids is 1. The number of nitrogens with one attached hydrogen (secondary N) is 2. The lowest BCUT2D eigenvalue weighted by Crippen LogP contribution is -2.22. The number of nitrogens with zero attached hydrogens (tertiary/aromatic N) is 1. The molecule has 0 spiro atoms. The van der Waals surface area contributed by atoms with Crippen molar-refractivity contribution < 1.29 is 9.21 Å². The van der Waals surface area contributed by atoms with E-state index < -0.39 is 0 Å². The van der Waals surface area contributed by atoms with Crippen LogP contribution < -0.4 is 10.6 Å². The summed E-state index contributed by atoms with van der Waals surface area (Å²) in [4.78, 5) is 12.5. The molecule has 5 nitrogen and oxygen atoms in total. The summed E-state index contributed by atoms with van der Waals surface area (Å²) in [5.41, 5.74) is 3.11. The average molecular weight is 492 g/mol. The van der Waals surface area contributed by atoms with Gasteiger partial charge in [0.2, 0.25) is 5.91 Å². The monoisotopic (exact) mass is 491 g/mol. The second-order valence-corrected chi connectivity index (χ2v) is 8.66. The Balaban J connectivity index is 1.56. The first-order valence-electron chi connectivity index (χ1n) is 9.54. The van der Waals surface area contributed by atoms with Crippen LogP contribution in [0.2, 0.25) is 0 Å². The molecule has 1 unspecified atom stereocenters. The number of halogens is 1. The number of benzene rings is 2. The fraction of sp³-hybridized carbons (Fsp3) is 0.0833. The van der Waals surface area contributed by atoms with Gasteiger partial charge >= 0.3 is 0 Å². The molecule has 31 heavy (non-hydrogen) atoms. The van der Waals surface area contributed by atoms with E-state index in [4.69, 9.17) is 4.42 Å². The Morgan fingerprint density at radius 1 is 1.13 bits per heavy atom. The minimum absolute atomic E-state index is 0.149. The summed E-state index contributed by atoms with van der Waals surface area (Å²) in [7, 11) is 0. The zero-order chi connectivity index (χ0) is 21.6. The van der Waals surface area contributed by atoms with Crippen molar-refractivity contribution >= 4 is 45.0 Å². The number of rotatable bonds is 6. The van der Waals surface area contributed by atoms with E-state index in [1.54, 1.807) is 12.3 Å². The molecular weight excluding hydrogens is 474 g/mol. The molecule has 4 rings (SSSR count). The van der Waals surface area contributed by atoms with Gasteiger partial charge in [-0.2, -0.15) is 5.26 Å². The third-order valence-corrected chi connectivity index (χ3v) is 6.21. The van der Waals surface area contributed by atoms with Gasteiger partial charge in [0.25, 0.3) is 0 Å². The van der Waals surface area contributed by atoms with Crippen LogP contribution in [0.4, 0.5) is 5.69 Å². The molecule has 2 heterocycles. The summed E-state index contributed by atoms with van der Waals surface area (Å²) in [5, 5.41) is 16.7. The maximum atomic E-state index is 12.5. The number of thioether (sulfide) groups is 1. The topological polar surface area (TPSA) is 78.1 Å². The van der Waals surface area contributed by atoms with Gasteiger partial charge in [0.15, 0.2) is 0 Å². The number of furan rings is 1. The molecule has 0 bridgehead atoms. The quantitative estimate of drug-likeness (QED) is 0.450. The predicted molar refractivity (Wildman–Crippen MR) is 127 cm³/mol. The van der Waals surface area contributed by atoms with Crippen molar-refractivity contribution in [2.45, 2.75) is 5.92 Å². The first-order chi connectivity index (χ1) is 15.1. The van der Waals surface area contributed by atoms with Crippen molar-refractivity contribution in [3.05, 3.63) is 105 Å². The van der Waals surface area contributed by atoms with E-state index in [0.29, 0.717) is 16.4 Å². The largest absolute Gasteiger partial charge is 0.468 e. The first-order valence-corrected chi connectivity index (χ1v) is 11.3. The number of dihydropyridines is 1. The zero-order valence-corrected chi connectivity index (χ0v) is 18.7. The number of carbonyl (C=O) groups is 1. The van der Waals surface area contributed by atoms with Crippen LogP contribution in [-0.2, 0) is 4.79 Å². The van der Waals surface area contributed by atoms with Gasteiger partial charge in [0.05, 0.1) is 34.6 Å². The van der Waals surface area contributed by atoms with Gasteiger partial charge in [-0.05, 0) is 48.0 Å². The fourth-order valence-electron chi connectivity index (χ4n) is 3.20. The maximum Gasteiger partial charge on any atom is 0.234 e. The van der Waals surface area contributed by atoms with Crippen molar-refractivity contribution in [3.8, 4) is 6.07 Å². The average Bonchev–Trinajstić information content (AvgIpc) is 3.34. The van der Waals surface area contributed by atoms with E-state index in [1.807, 2.05) is 66.7 Å². The Morgan fingerprint density at radius 2 is 1.90 bits per heavy atom. The van der Waals surface area contributed by atoms with Gasteiger partial charge in [-0.15, -0.1) is 0 Å². The number of amides is 1. The van der Waals surface area contributed by atoms with Crippen molar-refractivity contribution in [2.24, 2.45) is 0 Å². The Bertz CT molecular complexity index is 1160. The number of allylic oxidation sites excluding steroid dienone is 2. The second-order valence-electron chi connectivity index (χ2n) is 6.76. The lowest BCUT2D eigenvalue weighted by atomic mass is 9.93. The molecule has 0 saturated heterocycles. The van der Waals surface area contributed by atoms with Crippen LogP contribution in [0.1, 0.15) is 17.2 Å². The van der Waals surface area contributed by atoms with E-state index in [1.165, 1.54) is 11.8 Å². The summed E-state index contributed by atoms with van der Waals surface area (Å²) in [6, 6.07) is 23.2. The van der Waals surface area contributed by atoms with Crippen molar-refractivity contribution in [3.63, 3.8) is 0 Å². The molecule has 2 aromatic carbocycles. The highest BCUT2D eigenvalue weighted by Crippen LogP contribution is 2.38. The number of anilines is 1. The molecule has 1 aliphatic heterocycles. The number of hydrogen-bond acceptors (Lipinski definition) is 5. The van der Waals surface area contributed by atoms with Gasteiger partial charge in [-0.1, -0.05) is 58.0 Å². The van der Waals surface area contributed by atoms with Crippen LogP contribution in [0.5, 0.6) is 0 Å². The van der Waals surface area contributed by atoms with Crippen LogP contribution in [0.15, 0.2) is 98.6 Å². The highest BCUT2D eigenvalue weighted by atomic mass is 79.9. The van der Waals surface area contributed by atoms with E-state index in [-0.39, 0.29) is 17.6 Å². The smallest absolute Gasteiger partial charge is 0.234 e. The fourth-order valence-corrected chi connectivity index (χ4v) is 4.33. The normalized spacial score (nSPS) is 15.6. The molecule has 1 amide bonds. The Morgan fingerprint density at radius 3 is 2.58 bits per heavy atom. The first kappa shape index (κ1) is 21.0. The Kier molecular flexibility index (Phi) is 6.60. The summed E-state index contributed by atoms with van der Waals surface area (Å²) in [6.45, 7) is 0. The summed E-state index contributed by atoms with van der Waals surface area (Å²) in [5.74, 6) is 0.373. The Labute approximate surface area is 193 Å². The van der Waals surface area contributed by atoms with Crippen molar-refractivity contribution in [1.82, 2.24) is 5.32 Å². The van der Waals surface area contributed by atoms with Crippen LogP contribution in [0.25, 0.3) is 5.70 Å². The number of nitriles is 1. The number of hydrogen-bond donors (Lipinski definition) is 2. The third-order valence-electron chi connectivity index (χ3n) is 4.67. The third kappa shape index (κ3) is 5.10. The standard InChI is InChI=1S/C24H18BrN3O2S/c25-17-8-10-18(11-9-17)27-23(29)15-31-24-20(14-26)19(22-7-4-12-30-22)13-21(28-24)16-5-2-1-3-6-16/h1-13,19,28H,15H2,(H,27,29). The molecule has 7 heteroatoms. The minimum atomic E-state index is -0.325. The highest BCUT2D eigenvalue weighted by molar-refractivity contribution is 9.10.